The minimum Gasteiger partial charge on any atom is -0.461 e. The molecule has 1 saturated heterocycles. The Bertz CT molecular complexity index is 849. The van der Waals surface area contributed by atoms with Gasteiger partial charge in [-0.25, -0.2) is 0 Å². The van der Waals surface area contributed by atoms with Crippen molar-refractivity contribution in [2.75, 3.05) is 39.4 Å². The minimum absolute atomic E-state index is 0.484. The van der Waals surface area contributed by atoms with Crippen molar-refractivity contribution >= 4 is 11.3 Å². The van der Waals surface area contributed by atoms with Gasteiger partial charge in [0, 0.05) is 37.6 Å². The lowest BCUT2D eigenvalue weighted by Gasteiger charge is -2.30. The predicted molar refractivity (Wildman–Crippen MR) is 123 cm³/mol. The molecular weight excluding hydrogens is 396 g/mol. The number of hydrogen-bond donors (Lipinski definition) is 1. The van der Waals surface area contributed by atoms with Crippen molar-refractivity contribution in [3.63, 3.8) is 0 Å². The van der Waals surface area contributed by atoms with Crippen molar-refractivity contribution in [3.05, 3.63) is 69.8 Å². The Balaban J connectivity index is 1.73. The molecular formula is C24H34N2O3S. The summed E-state index contributed by atoms with van der Waals surface area (Å²) in [7, 11) is 0. The van der Waals surface area contributed by atoms with Crippen LogP contribution in [0, 0.1) is 6.92 Å². The van der Waals surface area contributed by atoms with Gasteiger partial charge in [0.05, 0.1) is 19.8 Å². The molecule has 6 heteroatoms. The number of rotatable bonds is 10. The SMILES string of the molecule is C=C(C)C(O)(C(=C)C)c1ccc(CN(CCN2CCOCC2)Cc2sccc2C)o1. The lowest BCUT2D eigenvalue weighted by Crippen LogP contribution is -2.41. The lowest BCUT2D eigenvalue weighted by molar-refractivity contribution is 0.0320. The summed E-state index contributed by atoms with van der Waals surface area (Å²) in [6, 6.07) is 5.97. The molecule has 0 spiro atoms. The number of thiophene rings is 1. The second-order valence-corrected chi connectivity index (χ2v) is 9.23. The molecule has 3 rings (SSSR count). The topological polar surface area (TPSA) is 49.1 Å². The fourth-order valence-corrected chi connectivity index (χ4v) is 4.70. The number of hydrogen-bond acceptors (Lipinski definition) is 6. The van der Waals surface area contributed by atoms with Crippen LogP contribution in [0.3, 0.4) is 0 Å². The standard InChI is InChI=1S/C24H34N2O3S/c1-18(2)24(27,19(3)4)23-7-6-21(29-23)16-26(17-22-20(5)8-15-30-22)10-9-25-11-13-28-14-12-25/h6-8,15,27H,1,3,9-14,16-17H2,2,4-5H3. The van der Waals surface area contributed by atoms with Gasteiger partial charge in [-0.2, -0.15) is 0 Å². The Morgan fingerprint density at radius 1 is 1.17 bits per heavy atom. The molecule has 1 aliphatic heterocycles. The molecule has 30 heavy (non-hydrogen) atoms. The zero-order valence-corrected chi connectivity index (χ0v) is 19.3. The van der Waals surface area contributed by atoms with Crippen LogP contribution in [-0.2, 0) is 23.4 Å². The van der Waals surface area contributed by atoms with Gasteiger partial charge in [0.25, 0.3) is 0 Å². The largest absolute Gasteiger partial charge is 0.461 e. The molecule has 0 bridgehead atoms. The zero-order valence-electron chi connectivity index (χ0n) is 18.4. The Hall–Kier alpha value is -1.70. The van der Waals surface area contributed by atoms with Gasteiger partial charge in [-0.05, 0) is 61.1 Å². The van der Waals surface area contributed by atoms with E-state index in [1.165, 1.54) is 10.4 Å². The van der Waals surface area contributed by atoms with Crippen LogP contribution >= 0.6 is 11.3 Å². The minimum atomic E-state index is -1.33. The highest BCUT2D eigenvalue weighted by Gasteiger charge is 2.35. The van der Waals surface area contributed by atoms with E-state index in [4.69, 9.17) is 9.15 Å². The molecule has 0 amide bonds. The number of morpholine rings is 1. The summed E-state index contributed by atoms with van der Waals surface area (Å²) in [5.74, 6) is 1.32. The van der Waals surface area contributed by atoms with E-state index in [1.807, 2.05) is 12.1 Å². The normalized spacial score (nSPS) is 15.6. The molecule has 2 aromatic heterocycles. The van der Waals surface area contributed by atoms with Crippen LogP contribution in [0.5, 0.6) is 0 Å². The molecule has 1 fully saturated rings. The number of aryl methyl sites for hydroxylation is 1. The molecule has 1 aliphatic rings. The second-order valence-electron chi connectivity index (χ2n) is 8.23. The summed E-state index contributed by atoms with van der Waals surface area (Å²) >= 11 is 1.80. The van der Waals surface area contributed by atoms with E-state index in [0.717, 1.165) is 51.7 Å². The van der Waals surface area contributed by atoms with Gasteiger partial charge >= 0.3 is 0 Å². The Kier molecular flexibility index (Phi) is 7.71. The highest BCUT2D eigenvalue weighted by Crippen LogP contribution is 2.36. The van der Waals surface area contributed by atoms with Crippen molar-refractivity contribution in [1.82, 2.24) is 9.80 Å². The van der Waals surface area contributed by atoms with Crippen LogP contribution in [0.25, 0.3) is 0 Å². The van der Waals surface area contributed by atoms with Gasteiger partial charge in [-0.1, -0.05) is 13.2 Å². The average Bonchev–Trinajstić information content (AvgIpc) is 3.35. The third-order valence-electron chi connectivity index (χ3n) is 5.80. The molecule has 2 aromatic rings. The monoisotopic (exact) mass is 430 g/mol. The number of ether oxygens (including phenoxy) is 1. The van der Waals surface area contributed by atoms with Gasteiger partial charge in [-0.15, -0.1) is 11.3 Å². The Morgan fingerprint density at radius 2 is 1.87 bits per heavy atom. The molecule has 0 atom stereocenters. The van der Waals surface area contributed by atoms with Crippen molar-refractivity contribution in [1.29, 1.82) is 0 Å². The van der Waals surface area contributed by atoms with Gasteiger partial charge in [-0.3, -0.25) is 9.80 Å². The number of aliphatic hydroxyl groups is 1. The van der Waals surface area contributed by atoms with Crippen LogP contribution in [0.2, 0.25) is 0 Å². The maximum Gasteiger partial charge on any atom is 0.163 e. The van der Waals surface area contributed by atoms with E-state index in [-0.39, 0.29) is 0 Å². The van der Waals surface area contributed by atoms with E-state index in [1.54, 1.807) is 25.2 Å². The summed E-state index contributed by atoms with van der Waals surface area (Å²) < 4.78 is 11.6. The molecule has 0 aliphatic carbocycles. The van der Waals surface area contributed by atoms with E-state index in [9.17, 15) is 5.11 Å². The first-order valence-electron chi connectivity index (χ1n) is 10.5. The Labute approximate surface area is 184 Å². The number of nitrogens with zero attached hydrogens (tertiary/aromatic N) is 2. The second kappa shape index (κ2) is 10.1. The molecule has 1 N–H and O–H groups in total. The summed E-state index contributed by atoms with van der Waals surface area (Å²) in [6.45, 7) is 20.7. The van der Waals surface area contributed by atoms with Gasteiger partial charge in [0.1, 0.15) is 11.5 Å². The molecule has 0 aromatic carbocycles. The summed E-state index contributed by atoms with van der Waals surface area (Å²) in [5, 5.41) is 13.2. The third kappa shape index (κ3) is 5.31. The summed E-state index contributed by atoms with van der Waals surface area (Å²) in [5.41, 5.74) is 1.21. The lowest BCUT2D eigenvalue weighted by atomic mass is 9.87. The fourth-order valence-electron chi connectivity index (χ4n) is 3.75. The van der Waals surface area contributed by atoms with E-state index in [2.05, 4.69) is 41.3 Å². The molecule has 5 nitrogen and oxygen atoms in total. The average molecular weight is 431 g/mol. The predicted octanol–water partition coefficient (Wildman–Crippen LogP) is 4.32. The smallest absolute Gasteiger partial charge is 0.163 e. The van der Waals surface area contributed by atoms with E-state index >= 15 is 0 Å². The van der Waals surface area contributed by atoms with Crippen LogP contribution in [0.4, 0.5) is 0 Å². The van der Waals surface area contributed by atoms with Crippen LogP contribution in [0.15, 0.2) is 52.3 Å². The first-order valence-corrected chi connectivity index (χ1v) is 11.4. The number of furan rings is 1. The van der Waals surface area contributed by atoms with Crippen molar-refractivity contribution in [3.8, 4) is 0 Å². The summed E-state index contributed by atoms with van der Waals surface area (Å²) in [4.78, 5) is 6.24. The van der Waals surface area contributed by atoms with Crippen LogP contribution < -0.4 is 0 Å². The van der Waals surface area contributed by atoms with Crippen molar-refractivity contribution in [2.45, 2.75) is 39.5 Å². The molecule has 0 radical (unpaired) electrons. The fraction of sp³-hybridized carbons (Fsp3) is 0.500. The molecule has 0 saturated carbocycles. The van der Waals surface area contributed by atoms with E-state index < -0.39 is 5.60 Å². The first kappa shape index (κ1) is 23.0. The van der Waals surface area contributed by atoms with E-state index in [0.29, 0.717) is 23.5 Å². The maximum absolute atomic E-state index is 11.1. The maximum atomic E-state index is 11.1. The zero-order chi connectivity index (χ0) is 21.7. The van der Waals surface area contributed by atoms with Gasteiger partial charge < -0.3 is 14.3 Å². The van der Waals surface area contributed by atoms with Crippen LogP contribution in [-0.4, -0.2) is 54.3 Å². The quantitative estimate of drug-likeness (QED) is 0.569. The van der Waals surface area contributed by atoms with Crippen molar-refractivity contribution in [2.24, 2.45) is 0 Å². The molecule has 164 valence electrons. The van der Waals surface area contributed by atoms with Crippen LogP contribution in [0.1, 0.15) is 35.8 Å². The molecule has 3 heterocycles. The van der Waals surface area contributed by atoms with Gasteiger partial charge in [0.15, 0.2) is 5.60 Å². The van der Waals surface area contributed by atoms with Gasteiger partial charge in [0.2, 0.25) is 0 Å². The first-order chi connectivity index (χ1) is 14.3. The third-order valence-corrected chi connectivity index (χ3v) is 6.81. The highest BCUT2D eigenvalue weighted by atomic mass is 32.1. The van der Waals surface area contributed by atoms with Crippen molar-refractivity contribution < 1.29 is 14.3 Å². The summed E-state index contributed by atoms with van der Waals surface area (Å²) in [6.07, 6.45) is 0. The highest BCUT2D eigenvalue weighted by molar-refractivity contribution is 7.10. The Morgan fingerprint density at radius 3 is 2.47 bits per heavy atom. The molecule has 0 unspecified atom stereocenters.